The summed E-state index contributed by atoms with van der Waals surface area (Å²) in [4.78, 5) is 25.7. The molecular weight excluding hydrogens is 532 g/mol. The van der Waals surface area contributed by atoms with Crippen molar-refractivity contribution in [2.24, 2.45) is 5.92 Å². The van der Waals surface area contributed by atoms with Gasteiger partial charge in [-0.1, -0.05) is 48.9 Å². The van der Waals surface area contributed by atoms with E-state index in [0.717, 1.165) is 45.2 Å². The Morgan fingerprint density at radius 1 is 1.00 bits per heavy atom. The Labute approximate surface area is 237 Å². The minimum Gasteiger partial charge on any atom is -0.494 e. The van der Waals surface area contributed by atoms with Gasteiger partial charge in [-0.15, -0.1) is 0 Å². The average molecular weight is 575 g/mol. The van der Waals surface area contributed by atoms with Gasteiger partial charge in [-0.3, -0.25) is 4.79 Å². The fourth-order valence-corrected chi connectivity index (χ4v) is 5.98. The van der Waals surface area contributed by atoms with Crippen molar-refractivity contribution in [1.82, 2.24) is 9.62 Å². The molecule has 0 bridgehead atoms. The summed E-state index contributed by atoms with van der Waals surface area (Å²) in [7, 11) is -3.82. The number of nitrogens with one attached hydrogen (secondary N) is 1. The Morgan fingerprint density at radius 2 is 1.65 bits per heavy atom. The van der Waals surface area contributed by atoms with Crippen LogP contribution in [0.5, 0.6) is 5.75 Å². The van der Waals surface area contributed by atoms with Crippen molar-refractivity contribution in [3.8, 4) is 5.75 Å². The number of likely N-dealkylation sites (tertiary alicyclic amines) is 1. The van der Waals surface area contributed by atoms with Crippen LogP contribution in [0.15, 0.2) is 54.6 Å². The molecule has 1 amide bonds. The standard InChI is InChI=1S/C30H42N2O7S/c1-30(2,3)39-29(35)32-18-16-23(17-19-32)9-7-8-20-38-26-14-12-24(13-15-26)21-27(28(33)34)31-40(36,37)22-25-10-5-4-6-11-25/h4-6,10-15,23,27,31H,7-9,16-22H2,1-3H3,(H,33,34). The van der Waals surface area contributed by atoms with Crippen LogP contribution in [0.1, 0.15) is 64.0 Å². The number of carbonyl (C=O) groups excluding carboxylic acids is 1. The zero-order valence-corrected chi connectivity index (χ0v) is 24.5. The minimum absolute atomic E-state index is 0.0242. The van der Waals surface area contributed by atoms with Crippen LogP contribution in [0.4, 0.5) is 4.79 Å². The predicted octanol–water partition coefficient (Wildman–Crippen LogP) is 5.00. The SMILES string of the molecule is CC(C)(C)OC(=O)N1CCC(CCCCOc2ccc(CC(NS(=O)(=O)Cc3ccccc3)C(=O)O)cc2)CC1. The fourth-order valence-electron chi connectivity index (χ4n) is 4.64. The van der Waals surface area contributed by atoms with E-state index in [1.54, 1.807) is 59.5 Å². The molecule has 1 unspecified atom stereocenters. The third-order valence-corrected chi connectivity index (χ3v) is 8.08. The third-order valence-electron chi connectivity index (χ3n) is 6.72. The van der Waals surface area contributed by atoms with E-state index in [1.807, 2.05) is 20.8 Å². The summed E-state index contributed by atoms with van der Waals surface area (Å²) in [5.74, 6) is -0.223. The van der Waals surface area contributed by atoms with Gasteiger partial charge >= 0.3 is 12.1 Å². The molecule has 40 heavy (non-hydrogen) atoms. The Bertz CT molecular complexity index is 1190. The molecule has 10 heteroatoms. The summed E-state index contributed by atoms with van der Waals surface area (Å²) >= 11 is 0. The quantitative estimate of drug-likeness (QED) is 0.323. The first-order chi connectivity index (χ1) is 18.9. The van der Waals surface area contributed by atoms with E-state index < -0.39 is 27.6 Å². The molecule has 1 aliphatic heterocycles. The van der Waals surface area contributed by atoms with E-state index in [2.05, 4.69) is 4.72 Å². The molecule has 1 saturated heterocycles. The van der Waals surface area contributed by atoms with Gasteiger partial charge in [0.05, 0.1) is 12.4 Å². The van der Waals surface area contributed by atoms with Crippen LogP contribution in [0.25, 0.3) is 0 Å². The normalized spacial score (nSPS) is 15.4. The fraction of sp³-hybridized carbons (Fsp3) is 0.533. The first-order valence-corrected chi connectivity index (χ1v) is 15.5. The molecule has 9 nitrogen and oxygen atoms in total. The molecule has 0 aromatic heterocycles. The highest BCUT2D eigenvalue weighted by Gasteiger charge is 2.27. The number of benzene rings is 2. The lowest BCUT2D eigenvalue weighted by molar-refractivity contribution is -0.138. The smallest absolute Gasteiger partial charge is 0.410 e. The van der Waals surface area contributed by atoms with E-state index in [0.29, 0.717) is 29.4 Å². The topological polar surface area (TPSA) is 122 Å². The number of amides is 1. The van der Waals surface area contributed by atoms with Crippen LogP contribution < -0.4 is 9.46 Å². The number of carbonyl (C=O) groups is 2. The lowest BCUT2D eigenvalue weighted by Crippen LogP contribution is -2.42. The molecule has 3 rings (SSSR count). The number of hydrogen-bond acceptors (Lipinski definition) is 6. The number of ether oxygens (including phenoxy) is 2. The van der Waals surface area contributed by atoms with Crippen LogP contribution in [-0.2, 0) is 31.7 Å². The molecule has 0 aliphatic carbocycles. The molecule has 1 fully saturated rings. The average Bonchev–Trinajstić information content (AvgIpc) is 2.88. The van der Waals surface area contributed by atoms with Crippen LogP contribution in [-0.4, -0.2) is 61.8 Å². The number of aliphatic carboxylic acids is 1. The minimum atomic E-state index is -3.82. The van der Waals surface area contributed by atoms with E-state index in [-0.39, 0.29) is 18.3 Å². The highest BCUT2D eigenvalue weighted by Crippen LogP contribution is 2.24. The van der Waals surface area contributed by atoms with E-state index in [4.69, 9.17) is 9.47 Å². The van der Waals surface area contributed by atoms with Gasteiger partial charge in [-0.2, -0.15) is 0 Å². The van der Waals surface area contributed by atoms with Crippen LogP contribution in [0.3, 0.4) is 0 Å². The Hall–Kier alpha value is -3.11. The monoisotopic (exact) mass is 574 g/mol. The number of sulfonamides is 1. The van der Waals surface area contributed by atoms with Crippen LogP contribution in [0.2, 0.25) is 0 Å². The number of hydrogen-bond donors (Lipinski definition) is 2. The predicted molar refractivity (Wildman–Crippen MR) is 154 cm³/mol. The first-order valence-electron chi connectivity index (χ1n) is 13.9. The molecule has 0 saturated carbocycles. The van der Waals surface area contributed by atoms with E-state index in [1.165, 1.54) is 0 Å². The Kier molecular flexibility index (Phi) is 11.4. The van der Waals surface area contributed by atoms with Gasteiger partial charge in [-0.25, -0.2) is 17.9 Å². The van der Waals surface area contributed by atoms with Crippen molar-refractivity contribution in [3.05, 3.63) is 65.7 Å². The van der Waals surface area contributed by atoms with Gasteiger partial charge in [-0.05, 0) is 82.1 Å². The zero-order chi connectivity index (χ0) is 29.2. The number of rotatable bonds is 13. The second-order valence-corrected chi connectivity index (χ2v) is 13.1. The van der Waals surface area contributed by atoms with Gasteiger partial charge in [0.15, 0.2) is 0 Å². The van der Waals surface area contributed by atoms with E-state index >= 15 is 0 Å². The number of carboxylic acids is 1. The highest BCUT2D eigenvalue weighted by atomic mass is 32.2. The molecule has 2 aromatic rings. The van der Waals surface area contributed by atoms with Crippen molar-refractivity contribution >= 4 is 22.1 Å². The molecule has 0 spiro atoms. The van der Waals surface area contributed by atoms with Crippen LogP contribution >= 0.6 is 0 Å². The summed E-state index contributed by atoms with van der Waals surface area (Å²) in [6, 6.07) is 14.4. The van der Waals surface area contributed by atoms with Gasteiger partial charge in [0.25, 0.3) is 0 Å². The maximum Gasteiger partial charge on any atom is 0.410 e. The van der Waals surface area contributed by atoms with Gasteiger partial charge in [0, 0.05) is 13.1 Å². The maximum absolute atomic E-state index is 12.5. The van der Waals surface area contributed by atoms with Crippen molar-refractivity contribution in [2.45, 2.75) is 76.7 Å². The molecule has 1 aliphatic rings. The van der Waals surface area contributed by atoms with E-state index in [9.17, 15) is 23.1 Å². The molecule has 2 aromatic carbocycles. The zero-order valence-electron chi connectivity index (χ0n) is 23.7. The second kappa shape index (κ2) is 14.5. The van der Waals surface area contributed by atoms with Crippen molar-refractivity contribution < 1.29 is 32.6 Å². The Balaban J connectivity index is 1.35. The summed E-state index contributed by atoms with van der Waals surface area (Å²) in [5, 5.41) is 9.58. The van der Waals surface area contributed by atoms with Crippen molar-refractivity contribution in [3.63, 3.8) is 0 Å². The summed E-state index contributed by atoms with van der Waals surface area (Å²) in [6.07, 6.45) is 4.82. The van der Waals surface area contributed by atoms with Gasteiger partial charge in [0.1, 0.15) is 17.4 Å². The summed E-state index contributed by atoms with van der Waals surface area (Å²) in [6.45, 7) is 7.69. The molecule has 0 radical (unpaired) electrons. The lowest BCUT2D eigenvalue weighted by Gasteiger charge is -2.33. The molecular formula is C30H42N2O7S. The lowest BCUT2D eigenvalue weighted by atomic mass is 9.92. The number of piperidine rings is 1. The number of nitrogens with zero attached hydrogens (tertiary/aromatic N) is 1. The number of unbranched alkanes of at least 4 members (excludes halogenated alkanes) is 1. The highest BCUT2D eigenvalue weighted by molar-refractivity contribution is 7.88. The molecule has 1 atom stereocenters. The second-order valence-electron chi connectivity index (χ2n) is 11.4. The maximum atomic E-state index is 12.5. The number of carboxylic acid groups (broad SMARTS) is 1. The molecule has 220 valence electrons. The molecule has 1 heterocycles. The van der Waals surface area contributed by atoms with Gasteiger partial charge < -0.3 is 19.5 Å². The molecule has 2 N–H and O–H groups in total. The first kappa shape index (κ1) is 31.4. The van der Waals surface area contributed by atoms with Crippen LogP contribution in [0, 0.1) is 5.92 Å². The summed E-state index contributed by atoms with van der Waals surface area (Å²) < 4.78 is 38.6. The van der Waals surface area contributed by atoms with Crippen molar-refractivity contribution in [1.29, 1.82) is 0 Å². The largest absolute Gasteiger partial charge is 0.494 e. The summed E-state index contributed by atoms with van der Waals surface area (Å²) in [5.41, 5.74) is 0.808. The Morgan fingerprint density at radius 3 is 2.25 bits per heavy atom. The van der Waals surface area contributed by atoms with Crippen molar-refractivity contribution in [2.75, 3.05) is 19.7 Å². The third kappa shape index (κ3) is 11.2. The van der Waals surface area contributed by atoms with Gasteiger partial charge in [0.2, 0.25) is 10.0 Å².